The van der Waals surface area contributed by atoms with Gasteiger partial charge in [0.05, 0.1) is 5.92 Å². The van der Waals surface area contributed by atoms with E-state index in [2.05, 4.69) is 54.2 Å². The summed E-state index contributed by atoms with van der Waals surface area (Å²) in [6.45, 7) is 4.59. The molecule has 0 aliphatic carbocycles. The Hall–Kier alpha value is -1.57. The maximum atomic E-state index is 4.62. The van der Waals surface area contributed by atoms with Crippen molar-refractivity contribution in [3.05, 3.63) is 42.1 Å². The summed E-state index contributed by atoms with van der Waals surface area (Å²) in [6.07, 6.45) is 22.1. The summed E-state index contributed by atoms with van der Waals surface area (Å²) in [5.74, 6) is 1.15. The molecule has 0 spiro atoms. The fourth-order valence-electron chi connectivity index (χ4n) is 4.35. The zero-order valence-electron chi connectivity index (χ0n) is 18.3. The van der Waals surface area contributed by atoms with Crippen molar-refractivity contribution in [3.8, 4) is 0 Å². The molecule has 2 rings (SSSR count). The summed E-state index contributed by atoms with van der Waals surface area (Å²) < 4.78 is 0. The van der Waals surface area contributed by atoms with Crippen molar-refractivity contribution in [2.45, 2.75) is 97.3 Å². The maximum Gasteiger partial charge on any atom is 0.244 e. The molecule has 2 heteroatoms. The molecule has 1 aromatic rings. The van der Waals surface area contributed by atoms with Crippen molar-refractivity contribution < 1.29 is 0 Å². The first-order chi connectivity index (χ1) is 13.8. The largest absolute Gasteiger partial charge is 0.244 e. The number of benzene rings is 1. The molecule has 1 aliphatic rings. The van der Waals surface area contributed by atoms with Gasteiger partial charge in [-0.1, -0.05) is 118 Å². The van der Waals surface area contributed by atoms with Gasteiger partial charge in [0, 0.05) is 0 Å². The number of hydrogen-bond acceptors (Lipinski definition) is 2. The van der Waals surface area contributed by atoms with E-state index in [0.717, 1.165) is 12.6 Å². The molecule has 0 N–H and O–H groups in total. The summed E-state index contributed by atoms with van der Waals surface area (Å²) in [4.78, 5) is 9.25. The van der Waals surface area contributed by atoms with Crippen LogP contribution < -0.4 is 0 Å². The first-order valence-corrected chi connectivity index (χ1v) is 11.8. The molecule has 28 heavy (non-hydrogen) atoms. The summed E-state index contributed by atoms with van der Waals surface area (Å²) in [7, 11) is 0. The van der Waals surface area contributed by atoms with Gasteiger partial charge in [0.15, 0.2) is 12.4 Å². The third kappa shape index (κ3) is 8.63. The Morgan fingerprint density at radius 2 is 1.32 bits per heavy atom. The molecule has 154 valence electrons. The molecular formula is C26H41N2+. The molecule has 1 heterocycles. The van der Waals surface area contributed by atoms with E-state index in [9.17, 15) is 0 Å². The second-order valence-corrected chi connectivity index (χ2v) is 8.38. The molecule has 2 atom stereocenters. The van der Waals surface area contributed by atoms with Crippen molar-refractivity contribution in [1.29, 1.82) is 0 Å². The molecule has 2 nitrogen and oxygen atoms in total. The van der Waals surface area contributed by atoms with Crippen LogP contribution in [-0.4, -0.2) is 12.4 Å². The molecule has 2 unspecified atom stereocenters. The summed E-state index contributed by atoms with van der Waals surface area (Å²) in [6, 6.07) is 11.0. The van der Waals surface area contributed by atoms with E-state index in [-0.39, 0.29) is 0 Å². The smallest absolute Gasteiger partial charge is 0.0965 e. The third-order valence-corrected chi connectivity index (χ3v) is 6.02. The Morgan fingerprint density at radius 1 is 0.714 bits per heavy atom. The highest BCUT2D eigenvalue weighted by Gasteiger charge is 2.35. The van der Waals surface area contributed by atoms with E-state index in [1.807, 2.05) is 12.4 Å². The van der Waals surface area contributed by atoms with Crippen LogP contribution in [0.15, 0.2) is 40.3 Å². The van der Waals surface area contributed by atoms with Gasteiger partial charge in [-0.25, -0.2) is 0 Å². The van der Waals surface area contributed by atoms with Gasteiger partial charge in [0.2, 0.25) is 6.17 Å². The van der Waals surface area contributed by atoms with Crippen LogP contribution >= 0.6 is 0 Å². The molecular weight excluding hydrogens is 340 g/mol. The standard InChI is InChI=1S/C26H41N2/c1-3-5-7-8-9-10-11-15-19-25(26-27-20-21-28-26)24(18-6-4-2)22-23-16-13-12-14-17-23/h12-14,16-17,20-21,24-25H,3-11,15,18-19,22H2,1-2H3/q+1. The fraction of sp³-hybridized carbons (Fsp3) is 0.654. The highest BCUT2D eigenvalue weighted by molar-refractivity contribution is 6.18. The van der Waals surface area contributed by atoms with Gasteiger partial charge >= 0.3 is 0 Å². The van der Waals surface area contributed by atoms with Crippen molar-refractivity contribution in [2.24, 2.45) is 21.8 Å². The normalized spacial score (nSPS) is 15.3. The van der Waals surface area contributed by atoms with Crippen LogP contribution in [0.2, 0.25) is 0 Å². The van der Waals surface area contributed by atoms with Gasteiger partial charge < -0.3 is 0 Å². The number of unbranched alkanes of at least 4 members (excludes halogenated alkanes) is 8. The van der Waals surface area contributed by atoms with E-state index in [1.165, 1.54) is 82.6 Å². The van der Waals surface area contributed by atoms with Gasteiger partial charge in [0.1, 0.15) is 0 Å². The lowest BCUT2D eigenvalue weighted by atomic mass is 9.78. The van der Waals surface area contributed by atoms with Gasteiger partial charge in [-0.2, -0.15) is 0 Å². The lowest BCUT2D eigenvalue weighted by Crippen LogP contribution is -2.22. The predicted octanol–water partition coefficient (Wildman–Crippen LogP) is 7.83. The van der Waals surface area contributed by atoms with Crippen molar-refractivity contribution in [3.63, 3.8) is 0 Å². The Kier molecular flexibility index (Phi) is 11.7. The predicted molar refractivity (Wildman–Crippen MR) is 124 cm³/mol. The quantitative estimate of drug-likeness (QED) is 0.206. The van der Waals surface area contributed by atoms with Crippen LogP contribution in [0.4, 0.5) is 0 Å². The lowest BCUT2D eigenvalue weighted by molar-refractivity contribution is 0.286. The minimum Gasteiger partial charge on any atom is -0.0965 e. The SMILES string of the molecule is CCCCCCCCCCC([C+]1N=CC=N1)C(CCCC)Cc1ccccc1. The Labute approximate surface area is 174 Å². The number of nitrogens with zero attached hydrogens (tertiary/aromatic N) is 2. The third-order valence-electron chi connectivity index (χ3n) is 6.02. The second kappa shape index (κ2) is 14.4. The van der Waals surface area contributed by atoms with E-state index < -0.39 is 0 Å². The summed E-state index contributed by atoms with van der Waals surface area (Å²) in [5, 5.41) is 0. The van der Waals surface area contributed by atoms with E-state index in [4.69, 9.17) is 0 Å². The zero-order chi connectivity index (χ0) is 19.9. The molecule has 1 aromatic carbocycles. The molecule has 0 saturated heterocycles. The number of aliphatic imine (C=N–C) groups is 2. The molecule has 0 amide bonds. The molecule has 0 aromatic heterocycles. The van der Waals surface area contributed by atoms with Crippen LogP contribution in [0.25, 0.3) is 0 Å². The second-order valence-electron chi connectivity index (χ2n) is 8.38. The summed E-state index contributed by atoms with van der Waals surface area (Å²) in [5.41, 5.74) is 1.45. The van der Waals surface area contributed by atoms with Crippen molar-refractivity contribution >= 4 is 12.4 Å². The van der Waals surface area contributed by atoms with E-state index in [0.29, 0.717) is 11.8 Å². The molecule has 0 bridgehead atoms. The van der Waals surface area contributed by atoms with Crippen LogP contribution in [0.5, 0.6) is 0 Å². The molecule has 0 saturated carbocycles. The van der Waals surface area contributed by atoms with Gasteiger partial charge in [-0.3, -0.25) is 0 Å². The molecule has 0 fully saturated rings. The van der Waals surface area contributed by atoms with Crippen LogP contribution in [0, 0.1) is 18.0 Å². The highest BCUT2D eigenvalue weighted by Crippen LogP contribution is 2.36. The topological polar surface area (TPSA) is 24.7 Å². The molecule has 0 radical (unpaired) electrons. The fourth-order valence-corrected chi connectivity index (χ4v) is 4.35. The average Bonchev–Trinajstić information content (AvgIpc) is 3.25. The Balaban J connectivity index is 1.88. The van der Waals surface area contributed by atoms with E-state index in [1.54, 1.807) is 0 Å². The highest BCUT2D eigenvalue weighted by atomic mass is 15.0. The van der Waals surface area contributed by atoms with Gasteiger partial charge in [-0.15, -0.1) is 0 Å². The minimum atomic E-state index is 0.502. The summed E-state index contributed by atoms with van der Waals surface area (Å²) >= 11 is 0. The first-order valence-electron chi connectivity index (χ1n) is 11.8. The van der Waals surface area contributed by atoms with Crippen LogP contribution in [0.1, 0.15) is 96.5 Å². The Bertz CT molecular complexity index is 537. The van der Waals surface area contributed by atoms with Crippen LogP contribution in [0.3, 0.4) is 0 Å². The van der Waals surface area contributed by atoms with Crippen molar-refractivity contribution in [1.82, 2.24) is 0 Å². The number of rotatable bonds is 16. The van der Waals surface area contributed by atoms with Crippen LogP contribution in [-0.2, 0) is 6.42 Å². The average molecular weight is 382 g/mol. The van der Waals surface area contributed by atoms with Gasteiger partial charge in [0.25, 0.3) is 0 Å². The minimum absolute atomic E-state index is 0.502. The Morgan fingerprint density at radius 3 is 1.96 bits per heavy atom. The number of hydrogen-bond donors (Lipinski definition) is 0. The van der Waals surface area contributed by atoms with Gasteiger partial charge in [-0.05, 0) is 30.7 Å². The first kappa shape index (κ1) is 22.7. The van der Waals surface area contributed by atoms with Crippen molar-refractivity contribution in [2.75, 3.05) is 0 Å². The van der Waals surface area contributed by atoms with E-state index >= 15 is 0 Å². The maximum absolute atomic E-state index is 4.62. The zero-order valence-corrected chi connectivity index (χ0v) is 18.3. The lowest BCUT2D eigenvalue weighted by Gasteiger charge is -2.26. The monoisotopic (exact) mass is 381 g/mol. The molecule has 1 aliphatic heterocycles.